The van der Waals surface area contributed by atoms with Crippen LogP contribution >= 0.6 is 0 Å². The third-order valence-electron chi connectivity index (χ3n) is 3.36. The number of nitrogens with zero attached hydrogens (tertiary/aromatic N) is 2. The van der Waals surface area contributed by atoms with Crippen molar-refractivity contribution in [1.82, 2.24) is 10.3 Å². The highest BCUT2D eigenvalue weighted by molar-refractivity contribution is 5.38. The van der Waals surface area contributed by atoms with Crippen LogP contribution in [-0.4, -0.2) is 25.1 Å². The number of nitrogens with one attached hydrogen (secondary N) is 1. The summed E-state index contributed by atoms with van der Waals surface area (Å²) in [6.45, 7) is 4.96. The standard InChI is InChI=1S/C17H23N3/c1-3-18-13-16-9-10-17(19-14-16)20(2)12-11-15-7-5-4-6-8-15/h4-10,14,18H,3,11-13H2,1-2H3. The van der Waals surface area contributed by atoms with Crippen molar-refractivity contribution >= 4 is 5.82 Å². The van der Waals surface area contributed by atoms with Crippen molar-refractivity contribution in [2.45, 2.75) is 19.9 Å². The molecule has 0 saturated heterocycles. The third kappa shape index (κ3) is 4.35. The summed E-state index contributed by atoms with van der Waals surface area (Å²) in [5.41, 5.74) is 2.59. The molecule has 0 fully saturated rings. The van der Waals surface area contributed by atoms with Gasteiger partial charge in [0.15, 0.2) is 0 Å². The van der Waals surface area contributed by atoms with Crippen molar-refractivity contribution in [3.8, 4) is 0 Å². The number of aromatic nitrogens is 1. The van der Waals surface area contributed by atoms with Gasteiger partial charge < -0.3 is 10.2 Å². The lowest BCUT2D eigenvalue weighted by atomic mass is 10.1. The molecule has 1 N–H and O–H groups in total. The maximum Gasteiger partial charge on any atom is 0.128 e. The Bertz CT molecular complexity index is 493. The van der Waals surface area contributed by atoms with Crippen molar-refractivity contribution in [2.24, 2.45) is 0 Å². The van der Waals surface area contributed by atoms with Crippen molar-refractivity contribution in [3.05, 3.63) is 59.8 Å². The van der Waals surface area contributed by atoms with Gasteiger partial charge in [-0.05, 0) is 30.2 Å². The highest BCUT2D eigenvalue weighted by Gasteiger charge is 2.03. The molecule has 1 heterocycles. The molecular formula is C17H23N3. The Kier molecular flexibility index (Phi) is 5.56. The van der Waals surface area contributed by atoms with Crippen LogP contribution in [0.1, 0.15) is 18.1 Å². The molecule has 0 spiro atoms. The van der Waals surface area contributed by atoms with Gasteiger partial charge in [-0.2, -0.15) is 0 Å². The van der Waals surface area contributed by atoms with E-state index in [0.717, 1.165) is 31.9 Å². The second-order valence-electron chi connectivity index (χ2n) is 4.96. The zero-order valence-corrected chi connectivity index (χ0v) is 12.3. The first-order valence-electron chi connectivity index (χ1n) is 7.20. The molecule has 20 heavy (non-hydrogen) atoms. The molecule has 1 aromatic carbocycles. The van der Waals surface area contributed by atoms with Crippen molar-refractivity contribution in [2.75, 3.05) is 25.0 Å². The minimum atomic E-state index is 0.886. The van der Waals surface area contributed by atoms with Gasteiger partial charge in [0.25, 0.3) is 0 Å². The van der Waals surface area contributed by atoms with E-state index >= 15 is 0 Å². The summed E-state index contributed by atoms with van der Waals surface area (Å²) in [6.07, 6.45) is 3.00. The lowest BCUT2D eigenvalue weighted by Gasteiger charge is -2.18. The molecule has 0 amide bonds. The summed E-state index contributed by atoms with van der Waals surface area (Å²) in [6, 6.07) is 14.8. The predicted molar refractivity (Wildman–Crippen MR) is 85.0 cm³/mol. The Hall–Kier alpha value is -1.87. The van der Waals surface area contributed by atoms with Crippen molar-refractivity contribution in [1.29, 1.82) is 0 Å². The van der Waals surface area contributed by atoms with Gasteiger partial charge >= 0.3 is 0 Å². The third-order valence-corrected chi connectivity index (χ3v) is 3.36. The van der Waals surface area contributed by atoms with E-state index in [1.807, 2.05) is 6.20 Å². The Morgan fingerprint density at radius 2 is 1.85 bits per heavy atom. The highest BCUT2D eigenvalue weighted by atomic mass is 15.2. The Labute approximate surface area is 121 Å². The van der Waals surface area contributed by atoms with Gasteiger partial charge in [0.05, 0.1) is 0 Å². The number of rotatable bonds is 7. The van der Waals surface area contributed by atoms with Crippen LogP contribution in [0, 0.1) is 0 Å². The van der Waals surface area contributed by atoms with E-state index in [1.165, 1.54) is 11.1 Å². The van der Waals surface area contributed by atoms with Gasteiger partial charge in [-0.1, -0.05) is 43.3 Å². The normalized spacial score (nSPS) is 10.5. The van der Waals surface area contributed by atoms with E-state index < -0.39 is 0 Å². The predicted octanol–water partition coefficient (Wildman–Crippen LogP) is 2.87. The zero-order chi connectivity index (χ0) is 14.2. The molecule has 0 bridgehead atoms. The zero-order valence-electron chi connectivity index (χ0n) is 12.3. The molecule has 0 radical (unpaired) electrons. The fourth-order valence-electron chi connectivity index (χ4n) is 2.07. The second kappa shape index (κ2) is 7.65. The van der Waals surface area contributed by atoms with E-state index in [-0.39, 0.29) is 0 Å². The van der Waals surface area contributed by atoms with E-state index in [2.05, 4.69) is 71.6 Å². The Morgan fingerprint density at radius 3 is 2.50 bits per heavy atom. The molecule has 1 aromatic heterocycles. The topological polar surface area (TPSA) is 28.2 Å². The van der Waals surface area contributed by atoms with Crippen LogP contribution in [0.2, 0.25) is 0 Å². The monoisotopic (exact) mass is 269 g/mol. The minimum Gasteiger partial charge on any atom is -0.359 e. The van der Waals surface area contributed by atoms with Crippen LogP contribution in [0.4, 0.5) is 5.82 Å². The molecular weight excluding hydrogens is 246 g/mol. The molecule has 106 valence electrons. The SMILES string of the molecule is CCNCc1ccc(N(C)CCc2ccccc2)nc1. The minimum absolute atomic E-state index is 0.886. The van der Waals surface area contributed by atoms with Crippen LogP contribution < -0.4 is 10.2 Å². The molecule has 0 aliphatic carbocycles. The smallest absolute Gasteiger partial charge is 0.128 e. The fraction of sp³-hybridized carbons (Fsp3) is 0.353. The van der Waals surface area contributed by atoms with Crippen LogP contribution in [0.25, 0.3) is 0 Å². The molecule has 0 aliphatic rings. The van der Waals surface area contributed by atoms with E-state index in [9.17, 15) is 0 Å². The first-order chi connectivity index (χ1) is 9.79. The lowest BCUT2D eigenvalue weighted by molar-refractivity contribution is 0.724. The number of anilines is 1. The summed E-state index contributed by atoms with van der Waals surface area (Å²) < 4.78 is 0. The summed E-state index contributed by atoms with van der Waals surface area (Å²) in [5.74, 6) is 1.03. The quantitative estimate of drug-likeness (QED) is 0.837. The number of hydrogen-bond acceptors (Lipinski definition) is 3. The van der Waals surface area contributed by atoms with Gasteiger partial charge in [-0.3, -0.25) is 0 Å². The van der Waals surface area contributed by atoms with Gasteiger partial charge in [0, 0.05) is 26.3 Å². The Morgan fingerprint density at radius 1 is 1.05 bits per heavy atom. The van der Waals surface area contributed by atoms with Crippen LogP contribution in [0.3, 0.4) is 0 Å². The fourth-order valence-corrected chi connectivity index (χ4v) is 2.07. The molecule has 0 aliphatic heterocycles. The van der Waals surface area contributed by atoms with Gasteiger partial charge in [-0.15, -0.1) is 0 Å². The number of benzene rings is 1. The second-order valence-corrected chi connectivity index (χ2v) is 4.96. The average Bonchev–Trinajstić information content (AvgIpc) is 2.52. The maximum atomic E-state index is 4.53. The molecule has 0 unspecified atom stereocenters. The highest BCUT2D eigenvalue weighted by Crippen LogP contribution is 2.10. The van der Waals surface area contributed by atoms with Crippen LogP contribution in [0.15, 0.2) is 48.7 Å². The summed E-state index contributed by atoms with van der Waals surface area (Å²) in [5, 5.41) is 3.31. The molecule has 3 nitrogen and oxygen atoms in total. The first-order valence-corrected chi connectivity index (χ1v) is 7.20. The molecule has 0 atom stereocenters. The summed E-state index contributed by atoms with van der Waals surface area (Å²) in [4.78, 5) is 6.73. The van der Waals surface area contributed by atoms with E-state index in [0.29, 0.717) is 0 Å². The molecule has 0 saturated carbocycles. The number of hydrogen-bond donors (Lipinski definition) is 1. The Balaban J connectivity index is 1.87. The lowest BCUT2D eigenvalue weighted by Crippen LogP contribution is -2.21. The molecule has 3 heteroatoms. The first kappa shape index (κ1) is 14.5. The van der Waals surface area contributed by atoms with Crippen molar-refractivity contribution < 1.29 is 0 Å². The van der Waals surface area contributed by atoms with Crippen molar-refractivity contribution in [3.63, 3.8) is 0 Å². The number of pyridine rings is 1. The van der Waals surface area contributed by atoms with Crippen LogP contribution in [-0.2, 0) is 13.0 Å². The van der Waals surface area contributed by atoms with Gasteiger partial charge in [0.2, 0.25) is 0 Å². The molecule has 2 aromatic rings. The maximum absolute atomic E-state index is 4.53. The number of likely N-dealkylation sites (N-methyl/N-ethyl adjacent to an activating group) is 1. The van der Waals surface area contributed by atoms with Gasteiger partial charge in [-0.25, -0.2) is 4.98 Å². The average molecular weight is 269 g/mol. The summed E-state index contributed by atoms with van der Waals surface area (Å²) in [7, 11) is 2.09. The molecule has 2 rings (SSSR count). The summed E-state index contributed by atoms with van der Waals surface area (Å²) >= 11 is 0. The van der Waals surface area contributed by atoms with E-state index in [4.69, 9.17) is 0 Å². The van der Waals surface area contributed by atoms with E-state index in [1.54, 1.807) is 0 Å². The van der Waals surface area contributed by atoms with Gasteiger partial charge in [0.1, 0.15) is 5.82 Å². The largest absolute Gasteiger partial charge is 0.359 e. The van der Waals surface area contributed by atoms with Crippen LogP contribution in [0.5, 0.6) is 0 Å².